The van der Waals surface area contributed by atoms with Crippen molar-refractivity contribution >= 4 is 38.6 Å². The molecule has 3 aromatic rings. The van der Waals surface area contributed by atoms with Gasteiger partial charge in [-0.2, -0.15) is 0 Å². The summed E-state index contributed by atoms with van der Waals surface area (Å²) in [5.41, 5.74) is 2.70. The van der Waals surface area contributed by atoms with E-state index in [1.807, 2.05) is 53.4 Å². The fourth-order valence-electron chi connectivity index (χ4n) is 4.47. The summed E-state index contributed by atoms with van der Waals surface area (Å²) in [6, 6.07) is 15.8. The summed E-state index contributed by atoms with van der Waals surface area (Å²) in [7, 11) is 0. The number of carbonyl (C=O) groups excluding carboxylic acids is 2. The number of urea groups is 1. The summed E-state index contributed by atoms with van der Waals surface area (Å²) in [5, 5.41) is 6.78. The normalized spacial score (nSPS) is 15.6. The van der Waals surface area contributed by atoms with Crippen LogP contribution in [0.25, 0.3) is 10.2 Å². The van der Waals surface area contributed by atoms with Gasteiger partial charge < -0.3 is 10.2 Å². The average Bonchev–Trinajstić information content (AvgIpc) is 3.26. The van der Waals surface area contributed by atoms with Crippen LogP contribution in [0, 0.1) is 5.41 Å². The molecule has 1 saturated heterocycles. The number of amides is 3. The third-order valence-corrected chi connectivity index (χ3v) is 7.67. The van der Waals surface area contributed by atoms with E-state index < -0.39 is 0 Å². The zero-order valence-corrected chi connectivity index (χ0v) is 22.5. The van der Waals surface area contributed by atoms with E-state index >= 15 is 0 Å². The van der Waals surface area contributed by atoms with E-state index in [1.54, 1.807) is 0 Å². The van der Waals surface area contributed by atoms with Gasteiger partial charge in [0.2, 0.25) is 0 Å². The summed E-state index contributed by atoms with van der Waals surface area (Å²) in [5.74, 6) is -0.156. The Hall–Kier alpha value is -2.97. The Bertz CT molecular complexity index is 1140. The molecule has 4 rings (SSSR count). The number of fused-ring (bicyclic) bond motifs is 1. The van der Waals surface area contributed by atoms with Crippen LogP contribution in [0.5, 0.6) is 0 Å². The van der Waals surface area contributed by atoms with Gasteiger partial charge in [0.25, 0.3) is 5.91 Å². The summed E-state index contributed by atoms with van der Waals surface area (Å²) >= 11 is 1.47. The molecule has 2 N–H and O–H groups in total. The number of rotatable bonds is 7. The van der Waals surface area contributed by atoms with Crippen molar-refractivity contribution < 1.29 is 9.59 Å². The maximum absolute atomic E-state index is 12.8. The number of hydrogen-bond donors (Lipinski definition) is 2. The van der Waals surface area contributed by atoms with Gasteiger partial charge in [-0.3, -0.25) is 15.0 Å². The minimum absolute atomic E-state index is 0.0466. The number of anilines is 1. The van der Waals surface area contributed by atoms with E-state index in [4.69, 9.17) is 0 Å². The Morgan fingerprint density at radius 2 is 1.72 bits per heavy atom. The minimum Gasteiger partial charge on any atom is -0.335 e. The van der Waals surface area contributed by atoms with Crippen LogP contribution >= 0.6 is 11.3 Å². The lowest BCUT2D eigenvalue weighted by molar-refractivity contribution is 0.102. The molecular formula is C28H37N5O2S. The summed E-state index contributed by atoms with van der Waals surface area (Å²) in [6.07, 6.45) is 2.04. The molecule has 1 aromatic heterocycles. The zero-order chi connectivity index (χ0) is 25.7. The molecule has 7 nitrogen and oxygen atoms in total. The second-order valence-electron chi connectivity index (χ2n) is 10.6. The molecular weight excluding hydrogens is 470 g/mol. The molecule has 2 aromatic carbocycles. The van der Waals surface area contributed by atoms with Crippen molar-refractivity contribution in [1.82, 2.24) is 20.1 Å². The van der Waals surface area contributed by atoms with E-state index in [0.29, 0.717) is 10.7 Å². The van der Waals surface area contributed by atoms with Crippen molar-refractivity contribution in [2.24, 2.45) is 5.41 Å². The molecule has 8 heteroatoms. The van der Waals surface area contributed by atoms with E-state index in [2.05, 4.69) is 48.2 Å². The number of nitrogens with one attached hydrogen (secondary N) is 2. The van der Waals surface area contributed by atoms with E-state index in [0.717, 1.165) is 61.3 Å². The Kier molecular flexibility index (Phi) is 8.26. The number of benzene rings is 2. The average molecular weight is 508 g/mol. The highest BCUT2D eigenvalue weighted by Crippen LogP contribution is 2.26. The van der Waals surface area contributed by atoms with Gasteiger partial charge in [0.15, 0.2) is 5.13 Å². The molecule has 3 amide bonds. The van der Waals surface area contributed by atoms with E-state index in [-0.39, 0.29) is 23.4 Å². The monoisotopic (exact) mass is 507 g/mol. The number of para-hydroxylation sites is 1. The quantitative estimate of drug-likeness (QED) is 0.437. The number of thiazole rings is 1. The standard InChI is InChI=1S/C28H37N5O2S/c1-5-8-24(28(2,3)4)30-27(35)33-17-15-32(16-18-33)19-20-11-13-21(14-12-20)25(34)31-26-29-22-9-6-7-10-23(22)36-26/h6-7,9-14,24H,5,8,15-19H2,1-4H3,(H,30,35)(H,29,31,34). The van der Waals surface area contributed by atoms with Gasteiger partial charge in [-0.05, 0) is 41.7 Å². The molecule has 36 heavy (non-hydrogen) atoms. The highest BCUT2D eigenvalue weighted by molar-refractivity contribution is 7.22. The van der Waals surface area contributed by atoms with Gasteiger partial charge in [-0.1, -0.05) is 69.7 Å². The molecule has 192 valence electrons. The number of carbonyl (C=O) groups is 2. The van der Waals surface area contributed by atoms with Crippen LogP contribution in [0.15, 0.2) is 48.5 Å². The van der Waals surface area contributed by atoms with Crippen LogP contribution in [0.4, 0.5) is 9.93 Å². The zero-order valence-electron chi connectivity index (χ0n) is 21.7. The van der Waals surface area contributed by atoms with Gasteiger partial charge in [-0.15, -0.1) is 0 Å². The first-order valence-electron chi connectivity index (χ1n) is 12.8. The van der Waals surface area contributed by atoms with Crippen molar-refractivity contribution in [2.45, 2.75) is 53.1 Å². The third-order valence-electron chi connectivity index (χ3n) is 6.72. The fraction of sp³-hybridized carbons (Fsp3) is 0.464. The molecule has 1 unspecified atom stereocenters. The first-order chi connectivity index (χ1) is 17.2. The van der Waals surface area contributed by atoms with Crippen LogP contribution in [-0.2, 0) is 6.54 Å². The van der Waals surface area contributed by atoms with E-state index in [1.165, 1.54) is 11.3 Å². The predicted molar refractivity (Wildman–Crippen MR) is 148 cm³/mol. The third kappa shape index (κ3) is 6.62. The van der Waals surface area contributed by atoms with Crippen LogP contribution in [0.3, 0.4) is 0 Å². The van der Waals surface area contributed by atoms with Gasteiger partial charge in [0, 0.05) is 44.3 Å². The first kappa shape index (κ1) is 26.1. The number of aromatic nitrogens is 1. The lowest BCUT2D eigenvalue weighted by Gasteiger charge is -2.38. The van der Waals surface area contributed by atoms with Gasteiger partial charge >= 0.3 is 6.03 Å². The number of piperazine rings is 1. The van der Waals surface area contributed by atoms with Gasteiger partial charge in [-0.25, -0.2) is 9.78 Å². The Morgan fingerprint density at radius 3 is 2.36 bits per heavy atom. The minimum atomic E-state index is -0.156. The molecule has 0 spiro atoms. The topological polar surface area (TPSA) is 77.6 Å². The van der Waals surface area contributed by atoms with Crippen molar-refractivity contribution in [2.75, 3.05) is 31.5 Å². The highest BCUT2D eigenvalue weighted by Gasteiger charge is 2.28. The van der Waals surface area contributed by atoms with Crippen molar-refractivity contribution in [3.63, 3.8) is 0 Å². The lowest BCUT2D eigenvalue weighted by Crippen LogP contribution is -2.55. The van der Waals surface area contributed by atoms with Gasteiger partial charge in [0.05, 0.1) is 10.2 Å². The maximum Gasteiger partial charge on any atom is 0.317 e. The molecule has 0 saturated carbocycles. The van der Waals surface area contributed by atoms with E-state index in [9.17, 15) is 9.59 Å². The SMILES string of the molecule is CCCC(NC(=O)N1CCN(Cc2ccc(C(=O)Nc3nc4ccccc4s3)cc2)CC1)C(C)(C)C. The summed E-state index contributed by atoms with van der Waals surface area (Å²) in [4.78, 5) is 34.3. The van der Waals surface area contributed by atoms with Crippen LogP contribution in [-0.4, -0.2) is 58.9 Å². The molecule has 0 bridgehead atoms. The lowest BCUT2D eigenvalue weighted by atomic mass is 9.84. The van der Waals surface area contributed by atoms with Gasteiger partial charge in [0.1, 0.15) is 0 Å². The Morgan fingerprint density at radius 1 is 1.03 bits per heavy atom. The molecule has 0 aliphatic carbocycles. The second-order valence-corrected chi connectivity index (χ2v) is 11.6. The molecule has 1 atom stereocenters. The number of hydrogen-bond acceptors (Lipinski definition) is 5. The second kappa shape index (κ2) is 11.4. The molecule has 0 radical (unpaired) electrons. The molecule has 2 heterocycles. The summed E-state index contributed by atoms with van der Waals surface area (Å²) < 4.78 is 1.05. The van der Waals surface area contributed by atoms with Crippen LogP contribution in [0.1, 0.15) is 56.5 Å². The van der Waals surface area contributed by atoms with Crippen molar-refractivity contribution in [3.05, 3.63) is 59.7 Å². The van der Waals surface area contributed by atoms with Crippen LogP contribution < -0.4 is 10.6 Å². The van der Waals surface area contributed by atoms with Crippen molar-refractivity contribution in [1.29, 1.82) is 0 Å². The largest absolute Gasteiger partial charge is 0.335 e. The molecule has 1 aliphatic heterocycles. The molecule has 1 fully saturated rings. The predicted octanol–water partition coefficient (Wildman–Crippen LogP) is 5.59. The Balaban J connectivity index is 1.26. The smallest absolute Gasteiger partial charge is 0.317 e. The highest BCUT2D eigenvalue weighted by atomic mass is 32.1. The van der Waals surface area contributed by atoms with Crippen LogP contribution in [0.2, 0.25) is 0 Å². The van der Waals surface area contributed by atoms with Crippen molar-refractivity contribution in [3.8, 4) is 0 Å². The summed E-state index contributed by atoms with van der Waals surface area (Å²) in [6.45, 7) is 12.6. The fourth-order valence-corrected chi connectivity index (χ4v) is 5.34. The molecule has 1 aliphatic rings. The first-order valence-corrected chi connectivity index (χ1v) is 13.6. The Labute approximate surface area is 217 Å². The maximum atomic E-state index is 12.8. The number of nitrogens with zero attached hydrogens (tertiary/aromatic N) is 3.